The molecular weight excluding hydrogens is 366 g/mol. The van der Waals surface area contributed by atoms with E-state index in [9.17, 15) is 9.13 Å². The highest BCUT2D eigenvalue weighted by atomic mass is 31.2. The summed E-state index contributed by atoms with van der Waals surface area (Å²) in [5.74, 6) is 0. The van der Waals surface area contributed by atoms with Crippen LogP contribution in [0.25, 0.3) is 0 Å². The van der Waals surface area contributed by atoms with Gasteiger partial charge in [0.1, 0.15) is 0 Å². The summed E-state index contributed by atoms with van der Waals surface area (Å²) >= 11 is 0. The number of rotatable bonds is 13. The van der Waals surface area contributed by atoms with Crippen molar-refractivity contribution in [2.24, 2.45) is 0 Å². The molecule has 0 aromatic heterocycles. The Morgan fingerprint density at radius 2 is 1.16 bits per heavy atom. The molecule has 0 aliphatic heterocycles. The molecule has 144 valence electrons. The van der Waals surface area contributed by atoms with Crippen LogP contribution in [0.2, 0.25) is 0 Å². The molecule has 9 heteroatoms. The van der Waals surface area contributed by atoms with Gasteiger partial charge in [0.15, 0.2) is 0 Å². The number of hydrogen-bond acceptors (Lipinski definition) is 7. The van der Waals surface area contributed by atoms with Crippen molar-refractivity contribution in [1.82, 2.24) is 0 Å². The van der Waals surface area contributed by atoms with Gasteiger partial charge in [-0.3, -0.25) is 9.13 Å². The highest BCUT2D eigenvalue weighted by Crippen LogP contribution is 2.70. The van der Waals surface area contributed by atoms with Crippen LogP contribution in [0.5, 0.6) is 0 Å². The predicted octanol–water partition coefficient (Wildman–Crippen LogP) is 5.02. The van der Waals surface area contributed by atoms with E-state index in [-0.39, 0.29) is 33.0 Å². The zero-order chi connectivity index (χ0) is 18.8. The third kappa shape index (κ3) is 6.61. The molecule has 0 radical (unpaired) electrons. The van der Waals surface area contributed by atoms with Gasteiger partial charge in [0.05, 0.1) is 33.0 Å². The van der Waals surface area contributed by atoms with Gasteiger partial charge in [0.2, 0.25) is 0 Å². The molecule has 0 unspecified atom stereocenters. The summed E-state index contributed by atoms with van der Waals surface area (Å²) in [5.41, 5.74) is -0.633. The minimum Gasteiger partial charge on any atom is -0.350 e. The van der Waals surface area contributed by atoms with E-state index in [1.54, 1.807) is 27.7 Å². The van der Waals surface area contributed by atoms with Crippen molar-refractivity contribution in [1.29, 1.82) is 0 Å². The molecule has 0 bridgehead atoms. The summed E-state index contributed by atoms with van der Waals surface area (Å²) in [5, 5.41) is 0. The topological polar surface area (TPSA) is 80.3 Å². The van der Waals surface area contributed by atoms with E-state index >= 15 is 0 Å². The zero-order valence-electron chi connectivity index (χ0n) is 15.3. The molecule has 0 amide bonds. The molecule has 0 saturated heterocycles. The van der Waals surface area contributed by atoms with Gasteiger partial charge in [0, 0.05) is 0 Å². The van der Waals surface area contributed by atoms with E-state index in [4.69, 9.17) is 22.8 Å². The van der Waals surface area contributed by atoms with Gasteiger partial charge in [-0.05, 0) is 33.3 Å². The zero-order valence-corrected chi connectivity index (χ0v) is 17.0. The van der Waals surface area contributed by atoms with E-state index in [2.05, 4.69) is 0 Å². The maximum atomic E-state index is 13.2. The summed E-state index contributed by atoms with van der Waals surface area (Å²) in [6, 6.07) is 9.26. The lowest BCUT2D eigenvalue weighted by Gasteiger charge is -2.31. The van der Waals surface area contributed by atoms with Crippen molar-refractivity contribution < 1.29 is 32.0 Å². The second-order valence-corrected chi connectivity index (χ2v) is 9.41. The summed E-state index contributed by atoms with van der Waals surface area (Å²) in [6.07, 6.45) is 0. The molecule has 1 aromatic carbocycles. The Labute approximate surface area is 150 Å². The van der Waals surface area contributed by atoms with Crippen LogP contribution >= 0.6 is 15.2 Å². The van der Waals surface area contributed by atoms with Gasteiger partial charge in [-0.15, -0.1) is 0 Å². The molecule has 0 fully saturated rings. The molecule has 0 aliphatic carbocycles. The van der Waals surface area contributed by atoms with Crippen LogP contribution in [0.3, 0.4) is 0 Å². The van der Waals surface area contributed by atoms with Gasteiger partial charge in [-0.2, -0.15) is 0 Å². The van der Waals surface area contributed by atoms with E-state index in [1.807, 2.05) is 30.3 Å². The fourth-order valence-corrected chi connectivity index (χ4v) is 6.95. The van der Waals surface area contributed by atoms with E-state index in [1.165, 1.54) is 0 Å². The van der Waals surface area contributed by atoms with Gasteiger partial charge in [0.25, 0.3) is 5.59 Å². The second-order valence-electron chi connectivity index (χ2n) is 4.87. The van der Waals surface area contributed by atoms with Crippen molar-refractivity contribution in [3.63, 3.8) is 0 Å². The minimum atomic E-state index is -3.88. The maximum Gasteiger partial charge on any atom is 0.371 e. The molecule has 0 N–H and O–H groups in total. The molecule has 7 nitrogen and oxygen atoms in total. The Hall–Kier alpha value is -0.520. The van der Waals surface area contributed by atoms with Crippen molar-refractivity contribution in [2.75, 3.05) is 26.4 Å². The van der Waals surface area contributed by atoms with Gasteiger partial charge < -0.3 is 22.8 Å². The largest absolute Gasteiger partial charge is 0.371 e. The Morgan fingerprint density at radius 1 is 0.760 bits per heavy atom. The van der Waals surface area contributed by atoms with Crippen LogP contribution in [0, 0.1) is 0 Å². The fourth-order valence-electron chi connectivity index (χ4n) is 2.15. The first kappa shape index (κ1) is 22.5. The first-order valence-electron chi connectivity index (χ1n) is 8.38. The fraction of sp³-hybridized carbons (Fsp3) is 0.625. The maximum absolute atomic E-state index is 13.2. The van der Waals surface area contributed by atoms with E-state index in [0.717, 1.165) is 5.56 Å². The molecule has 0 heterocycles. The SMILES string of the molecule is CCOP(=O)(OCC)C(OCc1ccccc1)P(=O)(OCC)OCC. The smallest absolute Gasteiger partial charge is 0.350 e. The molecule has 1 aromatic rings. The van der Waals surface area contributed by atoms with Crippen LogP contribution in [-0.2, 0) is 38.6 Å². The standard InChI is InChI=1S/C16H28O7P2/c1-5-20-24(17,21-6-2)16(25(18,22-7-3)23-8-4)19-14-15-12-10-9-11-13-15/h9-13,16H,5-8,14H2,1-4H3. The Bertz CT molecular complexity index is 529. The second kappa shape index (κ2) is 11.2. The third-order valence-electron chi connectivity index (χ3n) is 3.02. The molecule has 25 heavy (non-hydrogen) atoms. The molecule has 0 saturated carbocycles. The lowest BCUT2D eigenvalue weighted by atomic mass is 10.2. The van der Waals surface area contributed by atoms with Crippen molar-refractivity contribution in [2.45, 2.75) is 39.9 Å². The average Bonchev–Trinajstić information content (AvgIpc) is 2.56. The molecular formula is C16H28O7P2. The Morgan fingerprint density at radius 3 is 1.52 bits per heavy atom. The Kier molecular flexibility index (Phi) is 10.1. The van der Waals surface area contributed by atoms with Gasteiger partial charge >= 0.3 is 15.2 Å². The van der Waals surface area contributed by atoms with Crippen molar-refractivity contribution in [3.05, 3.63) is 35.9 Å². The summed E-state index contributed by atoms with van der Waals surface area (Å²) in [6.45, 7) is 7.21. The minimum absolute atomic E-state index is 0.0692. The number of benzene rings is 1. The van der Waals surface area contributed by atoms with Gasteiger partial charge in [-0.1, -0.05) is 30.3 Å². The first-order valence-corrected chi connectivity index (χ1v) is 11.6. The van der Waals surface area contributed by atoms with Crippen LogP contribution in [0.1, 0.15) is 33.3 Å². The van der Waals surface area contributed by atoms with Crippen LogP contribution < -0.4 is 0 Å². The highest BCUT2D eigenvalue weighted by Gasteiger charge is 2.52. The third-order valence-corrected chi connectivity index (χ3v) is 8.57. The van der Waals surface area contributed by atoms with Crippen molar-refractivity contribution in [3.8, 4) is 0 Å². The summed E-state index contributed by atoms with van der Waals surface area (Å²) in [7, 11) is -7.77. The van der Waals surface area contributed by atoms with E-state index in [0.29, 0.717) is 0 Å². The Balaban J connectivity index is 3.18. The van der Waals surface area contributed by atoms with Crippen molar-refractivity contribution >= 4 is 15.2 Å². The van der Waals surface area contributed by atoms with Crippen LogP contribution in [0.15, 0.2) is 30.3 Å². The van der Waals surface area contributed by atoms with Gasteiger partial charge in [-0.25, -0.2) is 0 Å². The molecule has 0 aliphatic rings. The molecule has 1 rings (SSSR count). The normalized spacial score (nSPS) is 12.7. The lowest BCUT2D eigenvalue weighted by Crippen LogP contribution is -2.21. The van der Waals surface area contributed by atoms with Crippen LogP contribution in [0.4, 0.5) is 0 Å². The highest BCUT2D eigenvalue weighted by molar-refractivity contribution is 7.72. The summed E-state index contributed by atoms with van der Waals surface area (Å²) < 4.78 is 53.5. The van der Waals surface area contributed by atoms with Crippen LogP contribution in [-0.4, -0.2) is 32.0 Å². The molecule has 0 spiro atoms. The van der Waals surface area contributed by atoms with E-state index < -0.39 is 20.8 Å². The average molecular weight is 394 g/mol. The first-order chi connectivity index (χ1) is 12.0. The number of ether oxygens (including phenoxy) is 1. The summed E-state index contributed by atoms with van der Waals surface area (Å²) in [4.78, 5) is 0. The molecule has 0 atom stereocenters. The number of hydrogen-bond donors (Lipinski definition) is 0. The lowest BCUT2D eigenvalue weighted by molar-refractivity contribution is 0.0725. The predicted molar refractivity (Wildman–Crippen MR) is 96.7 cm³/mol. The monoisotopic (exact) mass is 394 g/mol. The quantitative estimate of drug-likeness (QED) is 0.435.